The highest BCUT2D eigenvalue weighted by atomic mass is 31.1. The van der Waals surface area contributed by atoms with E-state index in [1.807, 2.05) is 0 Å². The van der Waals surface area contributed by atoms with E-state index in [4.69, 9.17) is 4.99 Å². The van der Waals surface area contributed by atoms with Crippen LogP contribution in [0.2, 0.25) is 0 Å². The van der Waals surface area contributed by atoms with E-state index in [1.54, 1.807) is 0 Å². The minimum absolute atomic E-state index is 0.187. The highest BCUT2D eigenvalue weighted by Gasteiger charge is 2.50. The molecule has 0 saturated carbocycles. The van der Waals surface area contributed by atoms with Crippen LogP contribution >= 0.6 is 7.92 Å². The second-order valence-electron chi connectivity index (χ2n) is 13.0. The van der Waals surface area contributed by atoms with Crippen molar-refractivity contribution < 1.29 is 5.11 Å². The molecule has 41 heavy (non-hydrogen) atoms. The maximum Gasteiger partial charge on any atom is 0.123 e. The molecule has 2 atom stereocenters. The van der Waals surface area contributed by atoms with Gasteiger partial charge in [0.2, 0.25) is 0 Å². The highest BCUT2D eigenvalue weighted by Crippen LogP contribution is 2.60. The molecular formula is C38H44NOP. The Bertz CT molecular complexity index is 1510. The lowest BCUT2D eigenvalue weighted by atomic mass is 9.71. The van der Waals surface area contributed by atoms with E-state index >= 15 is 0 Å². The maximum atomic E-state index is 12.1. The first kappa shape index (κ1) is 29.3. The molecule has 2 nitrogen and oxygen atoms in total. The van der Waals surface area contributed by atoms with Crippen LogP contribution in [-0.2, 0) is 10.8 Å². The van der Waals surface area contributed by atoms with Gasteiger partial charge in [0, 0.05) is 5.56 Å². The molecule has 0 aliphatic carbocycles. The van der Waals surface area contributed by atoms with Crippen molar-refractivity contribution in [2.24, 2.45) is 4.99 Å². The van der Waals surface area contributed by atoms with Crippen LogP contribution < -0.4 is 5.30 Å². The van der Waals surface area contributed by atoms with Crippen molar-refractivity contribution >= 4 is 24.4 Å². The molecule has 2 unspecified atom stereocenters. The molecule has 1 N–H and O–H groups in total. The third kappa shape index (κ3) is 5.40. The smallest absolute Gasteiger partial charge is 0.123 e. The molecule has 3 heteroatoms. The Hall–Kier alpha value is -3.22. The Balaban J connectivity index is 1.91. The van der Waals surface area contributed by atoms with E-state index < -0.39 is 13.3 Å². The van der Waals surface area contributed by atoms with Crippen LogP contribution in [0.25, 0.3) is 0 Å². The second-order valence-corrected chi connectivity index (χ2v) is 15.2. The van der Waals surface area contributed by atoms with Crippen molar-refractivity contribution in [2.45, 2.75) is 77.6 Å². The van der Waals surface area contributed by atoms with Gasteiger partial charge in [0.15, 0.2) is 0 Å². The maximum absolute atomic E-state index is 12.1. The van der Waals surface area contributed by atoms with Gasteiger partial charge < -0.3 is 5.11 Å². The number of hydrogen-bond acceptors (Lipinski definition) is 2. The molecule has 1 aliphatic rings. The Morgan fingerprint density at radius 1 is 0.732 bits per heavy atom. The molecular weight excluding hydrogens is 517 g/mol. The molecule has 0 aromatic heterocycles. The summed E-state index contributed by atoms with van der Waals surface area (Å²) in [5, 5.41) is 13.4. The molecule has 0 radical (unpaired) electrons. The van der Waals surface area contributed by atoms with E-state index in [9.17, 15) is 5.11 Å². The zero-order valence-corrected chi connectivity index (χ0v) is 26.5. The topological polar surface area (TPSA) is 32.6 Å². The van der Waals surface area contributed by atoms with E-state index in [-0.39, 0.29) is 5.41 Å². The van der Waals surface area contributed by atoms with Gasteiger partial charge in [0.1, 0.15) is 5.75 Å². The molecule has 5 rings (SSSR count). The first-order valence-electron chi connectivity index (χ1n) is 15.0. The third-order valence-corrected chi connectivity index (χ3v) is 11.1. The summed E-state index contributed by atoms with van der Waals surface area (Å²) in [5.74, 6) is 1.10. The van der Waals surface area contributed by atoms with Gasteiger partial charge in [-0.25, -0.2) is 0 Å². The lowest BCUT2D eigenvalue weighted by Crippen LogP contribution is -2.33. The quantitative estimate of drug-likeness (QED) is 0.233. The fourth-order valence-electron chi connectivity index (χ4n) is 6.39. The SMILES string of the molecule is CC(C)c1cccc(C(C)C)c1N=C1P(c2ccccc2)CCC1(c1ccccc1)c1cccc(C(C)(C)C)c1O. The minimum atomic E-state index is -0.737. The average molecular weight is 562 g/mol. The van der Waals surface area contributed by atoms with Crippen molar-refractivity contribution in [2.75, 3.05) is 6.16 Å². The van der Waals surface area contributed by atoms with Gasteiger partial charge >= 0.3 is 0 Å². The van der Waals surface area contributed by atoms with Crippen LogP contribution in [0.4, 0.5) is 5.69 Å². The van der Waals surface area contributed by atoms with Crippen molar-refractivity contribution in [3.63, 3.8) is 0 Å². The normalized spacial score (nSPS) is 20.3. The van der Waals surface area contributed by atoms with Gasteiger partial charge in [-0.05, 0) is 65.3 Å². The summed E-state index contributed by atoms with van der Waals surface area (Å²) in [4.78, 5) is 5.83. The summed E-state index contributed by atoms with van der Waals surface area (Å²) >= 11 is 0. The largest absolute Gasteiger partial charge is 0.507 e. The minimum Gasteiger partial charge on any atom is -0.507 e. The summed E-state index contributed by atoms with van der Waals surface area (Å²) in [6.45, 7) is 15.6. The number of benzene rings is 4. The first-order valence-corrected chi connectivity index (χ1v) is 16.5. The number of para-hydroxylation sites is 2. The summed E-state index contributed by atoms with van der Waals surface area (Å²) in [6.07, 6.45) is 1.92. The molecule has 1 aliphatic heterocycles. The third-order valence-electron chi connectivity index (χ3n) is 8.55. The Morgan fingerprint density at radius 2 is 1.29 bits per heavy atom. The fraction of sp³-hybridized carbons (Fsp3) is 0.342. The zero-order valence-electron chi connectivity index (χ0n) is 25.6. The lowest BCUT2D eigenvalue weighted by molar-refractivity contribution is 0.432. The summed E-state index contributed by atoms with van der Waals surface area (Å²) in [5.41, 5.74) is 7.32. The van der Waals surface area contributed by atoms with Gasteiger partial charge in [-0.2, -0.15) is 0 Å². The second kappa shape index (κ2) is 11.6. The Labute approximate surface area is 248 Å². The lowest BCUT2D eigenvalue weighted by Gasteiger charge is -2.35. The number of phenolic OH excluding ortho intramolecular Hbond substituents is 1. The van der Waals surface area contributed by atoms with Crippen LogP contribution in [0, 0.1) is 0 Å². The van der Waals surface area contributed by atoms with Crippen molar-refractivity contribution in [1.29, 1.82) is 0 Å². The Kier molecular flexibility index (Phi) is 8.27. The number of aliphatic imine (C=N–C) groups is 1. The zero-order chi connectivity index (χ0) is 29.4. The molecule has 1 heterocycles. The average Bonchev–Trinajstić information content (AvgIpc) is 3.33. The van der Waals surface area contributed by atoms with Crippen LogP contribution in [-0.4, -0.2) is 16.7 Å². The highest BCUT2D eigenvalue weighted by molar-refractivity contribution is 7.82. The molecule has 212 valence electrons. The molecule has 0 bridgehead atoms. The number of aromatic hydroxyl groups is 1. The van der Waals surface area contributed by atoms with Crippen molar-refractivity contribution in [3.05, 3.63) is 125 Å². The van der Waals surface area contributed by atoms with Crippen molar-refractivity contribution in [3.8, 4) is 5.75 Å². The molecule has 1 fully saturated rings. The molecule has 4 aromatic rings. The van der Waals surface area contributed by atoms with Crippen LogP contribution in [0.3, 0.4) is 0 Å². The number of nitrogens with zero attached hydrogens (tertiary/aromatic N) is 1. The Morgan fingerprint density at radius 3 is 1.85 bits per heavy atom. The van der Waals surface area contributed by atoms with Gasteiger partial charge in [-0.3, -0.25) is 4.99 Å². The van der Waals surface area contributed by atoms with Crippen LogP contribution in [0.1, 0.15) is 94.5 Å². The first-order chi connectivity index (χ1) is 19.6. The number of hydrogen-bond donors (Lipinski definition) is 1. The summed E-state index contributed by atoms with van der Waals surface area (Å²) in [7, 11) is -0.737. The molecule has 0 amide bonds. The number of phenols is 1. The van der Waals surface area contributed by atoms with Gasteiger partial charge in [-0.1, -0.05) is 146 Å². The van der Waals surface area contributed by atoms with Gasteiger partial charge in [0.25, 0.3) is 0 Å². The van der Waals surface area contributed by atoms with E-state index in [1.165, 1.54) is 27.4 Å². The number of rotatable bonds is 6. The van der Waals surface area contributed by atoms with Gasteiger partial charge in [0.05, 0.1) is 16.6 Å². The predicted octanol–water partition coefficient (Wildman–Crippen LogP) is 10.2. The van der Waals surface area contributed by atoms with E-state index in [2.05, 4.69) is 146 Å². The van der Waals surface area contributed by atoms with Gasteiger partial charge in [-0.15, -0.1) is 0 Å². The standard InChI is InChI=1S/C38H44NOP/c1-26(2)30-20-14-21-31(27(3)4)34(30)39-36-38(28-16-10-8-11-17-28,24-25-41(36)29-18-12-9-13-19-29)33-23-15-22-32(35(33)40)37(5,6)7/h8-23,26-27,40H,24-25H2,1-7H3. The fourth-order valence-corrected chi connectivity index (χ4v) is 9.24. The van der Waals surface area contributed by atoms with E-state index in [0.717, 1.165) is 29.4 Å². The predicted molar refractivity (Wildman–Crippen MR) is 178 cm³/mol. The van der Waals surface area contributed by atoms with E-state index in [0.29, 0.717) is 17.6 Å². The molecule has 1 saturated heterocycles. The van der Waals surface area contributed by atoms with Crippen LogP contribution in [0.5, 0.6) is 5.75 Å². The molecule has 4 aromatic carbocycles. The molecule has 0 spiro atoms. The monoisotopic (exact) mass is 561 g/mol. The summed E-state index contributed by atoms with van der Waals surface area (Å²) in [6, 6.07) is 34.8. The summed E-state index contributed by atoms with van der Waals surface area (Å²) < 4.78 is 0. The van der Waals surface area contributed by atoms with Crippen molar-refractivity contribution in [1.82, 2.24) is 0 Å². The van der Waals surface area contributed by atoms with Crippen LogP contribution in [0.15, 0.2) is 102 Å².